The Kier molecular flexibility index (Phi) is 5.88. The van der Waals surface area contributed by atoms with Crippen molar-refractivity contribution in [2.75, 3.05) is 27.3 Å². The van der Waals surface area contributed by atoms with E-state index in [1.54, 1.807) is 18.4 Å². The van der Waals surface area contributed by atoms with Gasteiger partial charge in [0.05, 0.1) is 30.4 Å². The first kappa shape index (κ1) is 13.9. The van der Waals surface area contributed by atoms with Gasteiger partial charge in [-0.1, -0.05) is 0 Å². The smallest absolute Gasteiger partial charge is 0.208 e. The molecule has 0 fully saturated rings. The van der Waals surface area contributed by atoms with Gasteiger partial charge in [-0.25, -0.2) is 15.8 Å². The lowest BCUT2D eigenvalue weighted by atomic mass is 10.4. The molecule has 0 atom stereocenters. The van der Waals surface area contributed by atoms with Gasteiger partial charge in [0.1, 0.15) is 0 Å². The molecule has 0 aliphatic rings. The van der Waals surface area contributed by atoms with Gasteiger partial charge >= 0.3 is 0 Å². The summed E-state index contributed by atoms with van der Waals surface area (Å²) in [7, 11) is 3.56. The molecule has 1 heterocycles. The molecule has 0 spiro atoms. The number of methoxy groups -OCH3 is 1. The van der Waals surface area contributed by atoms with Gasteiger partial charge in [0.15, 0.2) is 0 Å². The van der Waals surface area contributed by atoms with Gasteiger partial charge in [-0.3, -0.25) is 5.43 Å². The van der Waals surface area contributed by atoms with Crippen LogP contribution < -0.4 is 11.3 Å². The molecule has 96 valence electrons. The van der Waals surface area contributed by atoms with Crippen molar-refractivity contribution in [2.24, 2.45) is 10.8 Å². The third kappa shape index (κ3) is 4.68. The Hall–Kier alpha value is -1.18. The molecule has 1 aromatic rings. The van der Waals surface area contributed by atoms with Crippen molar-refractivity contribution in [1.29, 1.82) is 0 Å². The molecule has 0 unspecified atom stereocenters. The minimum Gasteiger partial charge on any atom is -0.383 e. The van der Waals surface area contributed by atoms with Gasteiger partial charge in [0.2, 0.25) is 5.96 Å². The van der Waals surface area contributed by atoms with Crippen molar-refractivity contribution >= 4 is 17.3 Å². The highest BCUT2D eigenvalue weighted by molar-refractivity contribution is 7.09. The second-order valence-electron chi connectivity index (χ2n) is 3.56. The zero-order chi connectivity index (χ0) is 12.7. The van der Waals surface area contributed by atoms with Crippen LogP contribution in [-0.2, 0) is 11.3 Å². The molecule has 1 aromatic heterocycles. The van der Waals surface area contributed by atoms with E-state index in [1.807, 2.05) is 24.3 Å². The maximum Gasteiger partial charge on any atom is 0.208 e. The van der Waals surface area contributed by atoms with Crippen LogP contribution in [0, 0.1) is 6.92 Å². The fourth-order valence-corrected chi connectivity index (χ4v) is 1.92. The summed E-state index contributed by atoms with van der Waals surface area (Å²) in [5.41, 5.74) is 3.60. The zero-order valence-electron chi connectivity index (χ0n) is 10.4. The molecule has 0 aliphatic carbocycles. The van der Waals surface area contributed by atoms with E-state index in [2.05, 4.69) is 15.4 Å². The van der Waals surface area contributed by atoms with Crippen LogP contribution in [-0.4, -0.2) is 43.2 Å². The second kappa shape index (κ2) is 7.21. The number of nitrogens with two attached hydrogens (primary N) is 1. The van der Waals surface area contributed by atoms with Crippen LogP contribution in [0.15, 0.2) is 10.4 Å². The summed E-state index contributed by atoms with van der Waals surface area (Å²) in [5, 5.41) is 3.10. The Morgan fingerprint density at radius 1 is 1.71 bits per heavy atom. The van der Waals surface area contributed by atoms with E-state index in [9.17, 15) is 0 Å². The Morgan fingerprint density at radius 2 is 2.47 bits per heavy atom. The van der Waals surface area contributed by atoms with Crippen molar-refractivity contribution in [3.63, 3.8) is 0 Å². The molecule has 0 amide bonds. The van der Waals surface area contributed by atoms with Crippen LogP contribution >= 0.6 is 11.3 Å². The SMILES string of the molecule is COCCN=C(NN)N(C)Cc1csc(C)n1. The number of hydrogen-bond donors (Lipinski definition) is 2. The number of nitrogens with zero attached hydrogens (tertiary/aromatic N) is 3. The molecule has 0 radical (unpaired) electrons. The van der Waals surface area contributed by atoms with E-state index < -0.39 is 0 Å². The number of nitrogens with one attached hydrogen (secondary N) is 1. The lowest BCUT2D eigenvalue weighted by Crippen LogP contribution is -2.42. The van der Waals surface area contributed by atoms with Gasteiger partial charge in [-0.2, -0.15) is 0 Å². The lowest BCUT2D eigenvalue weighted by Gasteiger charge is -2.19. The normalized spacial score (nSPS) is 11.6. The summed E-state index contributed by atoms with van der Waals surface area (Å²) >= 11 is 1.64. The monoisotopic (exact) mass is 257 g/mol. The highest BCUT2D eigenvalue weighted by atomic mass is 32.1. The van der Waals surface area contributed by atoms with Crippen LogP contribution in [0.5, 0.6) is 0 Å². The third-order valence-corrected chi connectivity index (χ3v) is 2.94. The van der Waals surface area contributed by atoms with Gasteiger partial charge in [0, 0.05) is 19.5 Å². The van der Waals surface area contributed by atoms with Crippen molar-refractivity contribution in [2.45, 2.75) is 13.5 Å². The molecule has 17 heavy (non-hydrogen) atoms. The molecule has 0 bridgehead atoms. The molecular formula is C10H19N5OS. The predicted octanol–water partition coefficient (Wildman–Crippen LogP) is 0.349. The number of hydrazine groups is 1. The molecule has 0 aromatic carbocycles. The Morgan fingerprint density at radius 3 is 3.00 bits per heavy atom. The molecule has 0 saturated carbocycles. The zero-order valence-corrected chi connectivity index (χ0v) is 11.3. The average molecular weight is 257 g/mol. The highest BCUT2D eigenvalue weighted by Crippen LogP contribution is 2.09. The predicted molar refractivity (Wildman–Crippen MR) is 69.8 cm³/mol. The van der Waals surface area contributed by atoms with E-state index in [0.29, 0.717) is 25.7 Å². The Balaban J connectivity index is 2.54. The molecule has 6 nitrogen and oxygen atoms in total. The van der Waals surface area contributed by atoms with E-state index in [4.69, 9.17) is 10.6 Å². The summed E-state index contributed by atoms with van der Waals surface area (Å²) < 4.78 is 4.93. The molecule has 0 aliphatic heterocycles. The Labute approximate surface area is 105 Å². The van der Waals surface area contributed by atoms with Crippen LogP contribution in [0.3, 0.4) is 0 Å². The van der Waals surface area contributed by atoms with Gasteiger partial charge in [-0.15, -0.1) is 11.3 Å². The van der Waals surface area contributed by atoms with Crippen molar-refractivity contribution in [3.05, 3.63) is 16.1 Å². The fourth-order valence-electron chi connectivity index (χ4n) is 1.32. The average Bonchev–Trinajstić information content (AvgIpc) is 2.70. The first-order valence-corrected chi connectivity index (χ1v) is 6.17. The topological polar surface area (TPSA) is 75.8 Å². The summed E-state index contributed by atoms with van der Waals surface area (Å²) in [6, 6.07) is 0. The number of guanidine groups is 1. The van der Waals surface area contributed by atoms with Crippen molar-refractivity contribution in [3.8, 4) is 0 Å². The number of thiazole rings is 1. The van der Waals surface area contributed by atoms with Crippen LogP contribution in [0.1, 0.15) is 10.7 Å². The Bertz CT molecular complexity index is 365. The molecule has 1 rings (SSSR count). The maximum absolute atomic E-state index is 5.43. The summed E-state index contributed by atoms with van der Waals surface area (Å²) in [5.74, 6) is 6.07. The molecule has 3 N–H and O–H groups in total. The standard InChI is InChI=1S/C10H19N5OS/c1-8-13-9(7-17-8)6-15(2)10(14-11)12-4-5-16-3/h7H,4-6,11H2,1-3H3,(H,12,14). The lowest BCUT2D eigenvalue weighted by molar-refractivity contribution is 0.207. The fraction of sp³-hybridized carbons (Fsp3) is 0.600. The van der Waals surface area contributed by atoms with Crippen molar-refractivity contribution in [1.82, 2.24) is 15.3 Å². The number of ether oxygens (including phenoxy) is 1. The first-order chi connectivity index (χ1) is 8.17. The van der Waals surface area contributed by atoms with Crippen molar-refractivity contribution < 1.29 is 4.74 Å². The van der Waals surface area contributed by atoms with Crippen LogP contribution in [0.25, 0.3) is 0 Å². The van der Waals surface area contributed by atoms with Crippen LogP contribution in [0.2, 0.25) is 0 Å². The number of rotatable bonds is 5. The second-order valence-corrected chi connectivity index (χ2v) is 4.62. The maximum atomic E-state index is 5.43. The largest absolute Gasteiger partial charge is 0.383 e. The minimum absolute atomic E-state index is 0.578. The molecule has 7 heteroatoms. The minimum atomic E-state index is 0.578. The van der Waals surface area contributed by atoms with Crippen LogP contribution in [0.4, 0.5) is 0 Å². The number of hydrogen-bond acceptors (Lipinski definition) is 5. The van der Waals surface area contributed by atoms with Gasteiger partial charge in [0.25, 0.3) is 0 Å². The summed E-state index contributed by atoms with van der Waals surface area (Å²) in [4.78, 5) is 10.6. The summed E-state index contributed by atoms with van der Waals surface area (Å²) in [6.45, 7) is 3.83. The molecule has 0 saturated heterocycles. The van der Waals surface area contributed by atoms with E-state index in [-0.39, 0.29) is 0 Å². The van der Waals surface area contributed by atoms with E-state index in [1.165, 1.54) is 0 Å². The highest BCUT2D eigenvalue weighted by Gasteiger charge is 2.07. The van der Waals surface area contributed by atoms with Gasteiger partial charge < -0.3 is 9.64 Å². The number of aromatic nitrogens is 1. The van der Waals surface area contributed by atoms with Gasteiger partial charge in [-0.05, 0) is 6.92 Å². The quantitative estimate of drug-likeness (QED) is 0.262. The number of aliphatic imine (C=N–C) groups is 1. The number of aryl methyl sites for hydroxylation is 1. The third-order valence-electron chi connectivity index (χ3n) is 2.11. The summed E-state index contributed by atoms with van der Waals surface area (Å²) in [6.07, 6.45) is 0. The van der Waals surface area contributed by atoms with E-state index in [0.717, 1.165) is 10.7 Å². The van der Waals surface area contributed by atoms with E-state index >= 15 is 0 Å². The molecular weight excluding hydrogens is 238 g/mol. The first-order valence-electron chi connectivity index (χ1n) is 5.29.